The summed E-state index contributed by atoms with van der Waals surface area (Å²) in [6.07, 6.45) is 2.33. The second-order valence-electron chi connectivity index (χ2n) is 5.49. The number of nitrogens with one attached hydrogen (secondary N) is 2. The number of amides is 2. The highest BCUT2D eigenvalue weighted by molar-refractivity contribution is 5.88. The number of carbonyl (C=O) groups is 1. The van der Waals surface area contributed by atoms with Gasteiger partial charge in [0.05, 0.1) is 11.7 Å². The molecule has 0 aliphatic heterocycles. The molecular formula is C16H17FN4O. The van der Waals surface area contributed by atoms with E-state index in [0.29, 0.717) is 11.7 Å². The molecule has 1 aromatic heterocycles. The molecule has 1 aromatic carbocycles. The van der Waals surface area contributed by atoms with Crippen LogP contribution in [0, 0.1) is 5.82 Å². The topological polar surface area (TPSA) is 66.9 Å². The lowest BCUT2D eigenvalue weighted by molar-refractivity contribution is 0.249. The van der Waals surface area contributed by atoms with Gasteiger partial charge < -0.3 is 5.32 Å². The summed E-state index contributed by atoms with van der Waals surface area (Å²) in [4.78, 5) is 11.9. The summed E-state index contributed by atoms with van der Waals surface area (Å²) in [7, 11) is 0. The number of carbonyl (C=O) groups excluding carboxylic acids is 1. The lowest BCUT2D eigenvalue weighted by Gasteiger charge is -2.14. The first-order valence-corrected chi connectivity index (χ1v) is 7.28. The molecule has 1 aliphatic carbocycles. The van der Waals surface area contributed by atoms with Crippen molar-refractivity contribution in [2.45, 2.75) is 31.7 Å². The Kier molecular flexibility index (Phi) is 4.00. The van der Waals surface area contributed by atoms with Crippen molar-refractivity contribution < 1.29 is 9.18 Å². The molecule has 1 saturated carbocycles. The first-order chi connectivity index (χ1) is 10.6. The molecular weight excluding hydrogens is 283 g/mol. The van der Waals surface area contributed by atoms with E-state index in [0.717, 1.165) is 24.1 Å². The van der Waals surface area contributed by atoms with Crippen LogP contribution in [0.25, 0.3) is 0 Å². The molecule has 0 bridgehead atoms. The summed E-state index contributed by atoms with van der Waals surface area (Å²) >= 11 is 0. The van der Waals surface area contributed by atoms with Gasteiger partial charge in [-0.25, -0.2) is 9.18 Å². The molecule has 114 valence electrons. The smallest absolute Gasteiger partial charge is 0.320 e. The Labute approximate surface area is 128 Å². The molecule has 6 heteroatoms. The Morgan fingerprint density at radius 3 is 2.50 bits per heavy atom. The number of urea groups is 1. The normalized spacial score (nSPS) is 15.2. The van der Waals surface area contributed by atoms with E-state index in [-0.39, 0.29) is 17.9 Å². The quantitative estimate of drug-likeness (QED) is 0.909. The van der Waals surface area contributed by atoms with Crippen LogP contribution in [0.2, 0.25) is 0 Å². The molecule has 1 fully saturated rings. The lowest BCUT2D eigenvalue weighted by atomic mass is 10.1. The van der Waals surface area contributed by atoms with Crippen molar-refractivity contribution in [2.24, 2.45) is 0 Å². The maximum atomic E-state index is 12.9. The van der Waals surface area contributed by atoms with Crippen LogP contribution in [0.5, 0.6) is 0 Å². The van der Waals surface area contributed by atoms with Gasteiger partial charge in [-0.15, -0.1) is 5.10 Å². The summed E-state index contributed by atoms with van der Waals surface area (Å²) in [6.45, 7) is 1.83. The summed E-state index contributed by atoms with van der Waals surface area (Å²) < 4.78 is 12.9. The number of hydrogen-bond donors (Lipinski definition) is 2. The van der Waals surface area contributed by atoms with Crippen LogP contribution in [0.1, 0.15) is 43.0 Å². The van der Waals surface area contributed by atoms with Crippen molar-refractivity contribution in [1.29, 1.82) is 0 Å². The summed E-state index contributed by atoms with van der Waals surface area (Å²) in [6, 6.07) is 9.06. The molecule has 3 rings (SSSR count). The Hall–Kier alpha value is -2.50. The molecule has 22 heavy (non-hydrogen) atoms. The Bertz CT molecular complexity index is 653. The van der Waals surface area contributed by atoms with Crippen molar-refractivity contribution in [3.8, 4) is 0 Å². The molecule has 0 unspecified atom stereocenters. The SMILES string of the molecule is C[C@@H](NC(=O)Nc1ccc(C2CC2)nn1)c1ccc(F)cc1. The number of halogens is 1. The van der Waals surface area contributed by atoms with E-state index in [9.17, 15) is 9.18 Å². The van der Waals surface area contributed by atoms with Gasteiger partial charge in [-0.1, -0.05) is 12.1 Å². The van der Waals surface area contributed by atoms with Gasteiger partial charge >= 0.3 is 6.03 Å². The van der Waals surface area contributed by atoms with Crippen LogP contribution in [0.3, 0.4) is 0 Å². The molecule has 1 atom stereocenters. The van der Waals surface area contributed by atoms with Crippen LogP contribution < -0.4 is 10.6 Å². The van der Waals surface area contributed by atoms with E-state index >= 15 is 0 Å². The highest BCUT2D eigenvalue weighted by atomic mass is 19.1. The molecule has 2 aromatic rings. The third kappa shape index (κ3) is 3.58. The number of hydrogen-bond acceptors (Lipinski definition) is 3. The largest absolute Gasteiger partial charge is 0.331 e. The third-order valence-corrected chi connectivity index (χ3v) is 3.64. The first-order valence-electron chi connectivity index (χ1n) is 7.28. The van der Waals surface area contributed by atoms with Crippen LogP contribution in [-0.4, -0.2) is 16.2 Å². The van der Waals surface area contributed by atoms with Gasteiger partial charge in [-0.3, -0.25) is 5.32 Å². The molecule has 2 amide bonds. The van der Waals surface area contributed by atoms with Crippen LogP contribution >= 0.6 is 0 Å². The van der Waals surface area contributed by atoms with E-state index < -0.39 is 0 Å². The number of benzene rings is 1. The maximum absolute atomic E-state index is 12.9. The van der Waals surface area contributed by atoms with Gasteiger partial charge in [0.1, 0.15) is 5.82 Å². The van der Waals surface area contributed by atoms with Gasteiger partial charge in [0.25, 0.3) is 0 Å². The standard InChI is InChI=1S/C16H17FN4O/c1-10(11-4-6-13(17)7-5-11)18-16(22)19-15-9-8-14(20-21-15)12-2-3-12/h4-10,12H,2-3H2,1H3,(H2,18,19,21,22)/t10-/m1/s1. The molecule has 1 heterocycles. The van der Waals surface area contributed by atoms with Crippen LogP contribution in [0.15, 0.2) is 36.4 Å². The number of nitrogens with zero attached hydrogens (tertiary/aromatic N) is 2. The fraction of sp³-hybridized carbons (Fsp3) is 0.312. The number of anilines is 1. The predicted molar refractivity (Wildman–Crippen MR) is 81.0 cm³/mol. The summed E-state index contributed by atoms with van der Waals surface area (Å²) in [5.74, 6) is 0.647. The minimum atomic E-state index is -0.370. The minimum absolute atomic E-state index is 0.237. The van der Waals surface area contributed by atoms with Crippen molar-refractivity contribution in [3.05, 3.63) is 53.5 Å². The molecule has 0 spiro atoms. The van der Waals surface area contributed by atoms with Crippen molar-refractivity contribution in [2.75, 3.05) is 5.32 Å². The molecule has 0 radical (unpaired) electrons. The monoisotopic (exact) mass is 300 g/mol. The van der Waals surface area contributed by atoms with Crippen LogP contribution in [-0.2, 0) is 0 Å². The van der Waals surface area contributed by atoms with E-state index in [1.165, 1.54) is 12.1 Å². The Morgan fingerprint density at radius 1 is 1.18 bits per heavy atom. The van der Waals surface area contributed by atoms with Gasteiger partial charge in [0.15, 0.2) is 5.82 Å². The predicted octanol–water partition coefficient (Wildman–Crippen LogP) is 3.38. The van der Waals surface area contributed by atoms with Gasteiger partial charge in [0, 0.05) is 5.92 Å². The second kappa shape index (κ2) is 6.09. The number of rotatable bonds is 4. The second-order valence-corrected chi connectivity index (χ2v) is 5.49. The highest BCUT2D eigenvalue weighted by Crippen LogP contribution is 2.38. The van der Waals surface area contributed by atoms with Crippen LogP contribution in [0.4, 0.5) is 15.0 Å². The van der Waals surface area contributed by atoms with Gasteiger partial charge in [-0.2, -0.15) is 5.10 Å². The van der Waals surface area contributed by atoms with E-state index in [1.807, 2.05) is 13.0 Å². The van der Waals surface area contributed by atoms with Crippen molar-refractivity contribution in [3.63, 3.8) is 0 Å². The van der Waals surface area contributed by atoms with E-state index in [2.05, 4.69) is 20.8 Å². The molecule has 1 aliphatic rings. The fourth-order valence-corrected chi connectivity index (χ4v) is 2.19. The fourth-order valence-electron chi connectivity index (χ4n) is 2.19. The lowest BCUT2D eigenvalue weighted by Crippen LogP contribution is -2.31. The van der Waals surface area contributed by atoms with Gasteiger partial charge in [0.2, 0.25) is 0 Å². The van der Waals surface area contributed by atoms with E-state index in [4.69, 9.17) is 0 Å². The van der Waals surface area contributed by atoms with E-state index in [1.54, 1.807) is 18.2 Å². The zero-order valence-electron chi connectivity index (χ0n) is 12.2. The minimum Gasteiger partial charge on any atom is -0.331 e. The van der Waals surface area contributed by atoms with Crippen molar-refractivity contribution in [1.82, 2.24) is 15.5 Å². The first kappa shape index (κ1) is 14.4. The highest BCUT2D eigenvalue weighted by Gasteiger charge is 2.25. The average Bonchev–Trinajstić information content (AvgIpc) is 3.33. The third-order valence-electron chi connectivity index (χ3n) is 3.64. The Morgan fingerprint density at radius 2 is 1.91 bits per heavy atom. The zero-order valence-corrected chi connectivity index (χ0v) is 12.2. The van der Waals surface area contributed by atoms with Crippen molar-refractivity contribution >= 4 is 11.8 Å². The molecule has 0 saturated heterocycles. The maximum Gasteiger partial charge on any atom is 0.320 e. The molecule has 5 nitrogen and oxygen atoms in total. The van der Waals surface area contributed by atoms with Gasteiger partial charge in [-0.05, 0) is 49.6 Å². The summed E-state index contributed by atoms with van der Waals surface area (Å²) in [5, 5.41) is 13.5. The number of aromatic nitrogens is 2. The molecule has 2 N–H and O–H groups in total. The Balaban J connectivity index is 1.55. The summed E-state index contributed by atoms with van der Waals surface area (Å²) in [5.41, 5.74) is 1.80. The zero-order chi connectivity index (χ0) is 15.5. The average molecular weight is 300 g/mol.